The minimum Gasteiger partial charge on any atom is -0.489 e. The van der Waals surface area contributed by atoms with Crippen LogP contribution in [0.3, 0.4) is 0 Å². The summed E-state index contributed by atoms with van der Waals surface area (Å²) in [4.78, 5) is 0. The zero-order chi connectivity index (χ0) is 10.8. The van der Waals surface area contributed by atoms with Crippen molar-refractivity contribution < 1.29 is 4.74 Å². The predicted octanol–water partition coefficient (Wildman–Crippen LogP) is 3.05. The van der Waals surface area contributed by atoms with Gasteiger partial charge in [0.15, 0.2) is 0 Å². The Morgan fingerprint density at radius 3 is 3.00 bits per heavy atom. The number of hydrogen-bond donors (Lipinski definition) is 0. The molecule has 78 valence electrons. The highest BCUT2D eigenvalue weighted by molar-refractivity contribution is 5.87. The molecule has 0 fully saturated rings. The lowest BCUT2D eigenvalue weighted by Crippen LogP contribution is -1.93. The van der Waals surface area contributed by atoms with Crippen molar-refractivity contribution in [1.29, 1.82) is 0 Å². The van der Waals surface area contributed by atoms with E-state index in [1.165, 1.54) is 16.6 Å². The van der Waals surface area contributed by atoms with Crippen molar-refractivity contribution in [1.82, 2.24) is 4.57 Å². The minimum atomic E-state index is 0.549. The fourth-order valence-electron chi connectivity index (χ4n) is 1.74. The van der Waals surface area contributed by atoms with Crippen LogP contribution in [-0.2, 0) is 7.05 Å². The second kappa shape index (κ2) is 3.81. The van der Waals surface area contributed by atoms with Gasteiger partial charge in [0.25, 0.3) is 0 Å². The summed E-state index contributed by atoms with van der Waals surface area (Å²) >= 11 is 0. The standard InChI is InChI=1S/C13H15NO/c1-4-8-15-13-7-5-6-12-11(13)9-10(2)14(12)3/h4-7,9H,1,8H2,2-3H3. The van der Waals surface area contributed by atoms with Crippen molar-refractivity contribution in [3.8, 4) is 5.75 Å². The molecule has 0 saturated heterocycles. The first-order valence-electron chi connectivity index (χ1n) is 5.03. The molecule has 0 aliphatic heterocycles. The molecule has 2 aromatic rings. The average Bonchev–Trinajstić information content (AvgIpc) is 2.53. The normalized spacial score (nSPS) is 10.5. The van der Waals surface area contributed by atoms with Crippen molar-refractivity contribution in [3.05, 3.63) is 42.6 Å². The molecule has 1 aromatic heterocycles. The second-order valence-electron chi connectivity index (χ2n) is 3.63. The molecule has 2 heteroatoms. The molecule has 0 bridgehead atoms. The molecule has 1 aromatic carbocycles. The molecule has 0 spiro atoms. The molecule has 0 atom stereocenters. The number of hydrogen-bond acceptors (Lipinski definition) is 1. The fourth-order valence-corrected chi connectivity index (χ4v) is 1.74. The highest BCUT2D eigenvalue weighted by atomic mass is 16.5. The summed E-state index contributed by atoms with van der Waals surface area (Å²) in [5.41, 5.74) is 2.44. The lowest BCUT2D eigenvalue weighted by Gasteiger charge is -2.04. The summed E-state index contributed by atoms with van der Waals surface area (Å²) in [6.45, 7) is 6.29. The van der Waals surface area contributed by atoms with E-state index >= 15 is 0 Å². The molecular weight excluding hydrogens is 186 g/mol. The molecule has 0 amide bonds. The fraction of sp³-hybridized carbons (Fsp3) is 0.231. The monoisotopic (exact) mass is 201 g/mol. The third-order valence-electron chi connectivity index (χ3n) is 2.64. The van der Waals surface area contributed by atoms with Gasteiger partial charge in [-0.25, -0.2) is 0 Å². The van der Waals surface area contributed by atoms with Gasteiger partial charge in [-0.05, 0) is 25.1 Å². The van der Waals surface area contributed by atoms with Gasteiger partial charge in [-0.1, -0.05) is 18.7 Å². The van der Waals surface area contributed by atoms with Crippen LogP contribution >= 0.6 is 0 Å². The largest absolute Gasteiger partial charge is 0.489 e. The van der Waals surface area contributed by atoms with Crippen LogP contribution in [0, 0.1) is 6.92 Å². The van der Waals surface area contributed by atoms with Crippen LogP contribution in [-0.4, -0.2) is 11.2 Å². The highest BCUT2D eigenvalue weighted by Gasteiger charge is 2.06. The molecule has 1 heterocycles. The molecule has 0 aliphatic rings. The first-order valence-corrected chi connectivity index (χ1v) is 5.03. The van der Waals surface area contributed by atoms with E-state index in [-0.39, 0.29) is 0 Å². The van der Waals surface area contributed by atoms with Gasteiger partial charge < -0.3 is 9.30 Å². The number of benzene rings is 1. The molecule has 15 heavy (non-hydrogen) atoms. The van der Waals surface area contributed by atoms with Crippen LogP contribution in [0.5, 0.6) is 5.75 Å². The maximum Gasteiger partial charge on any atom is 0.129 e. The summed E-state index contributed by atoms with van der Waals surface area (Å²) in [7, 11) is 2.06. The Balaban J connectivity index is 2.55. The van der Waals surface area contributed by atoms with Crippen molar-refractivity contribution in [2.45, 2.75) is 6.92 Å². The molecular formula is C13H15NO. The summed E-state index contributed by atoms with van der Waals surface area (Å²) in [5, 5.41) is 1.17. The van der Waals surface area contributed by atoms with E-state index in [1.54, 1.807) is 6.08 Å². The second-order valence-corrected chi connectivity index (χ2v) is 3.63. The quantitative estimate of drug-likeness (QED) is 0.696. The minimum absolute atomic E-state index is 0.549. The van der Waals surface area contributed by atoms with Gasteiger partial charge in [-0.15, -0.1) is 0 Å². The molecule has 0 unspecified atom stereocenters. The summed E-state index contributed by atoms with van der Waals surface area (Å²) < 4.78 is 7.77. The Hall–Kier alpha value is -1.70. The van der Waals surface area contributed by atoms with Crippen molar-refractivity contribution >= 4 is 10.9 Å². The van der Waals surface area contributed by atoms with Crippen LogP contribution in [0.1, 0.15) is 5.69 Å². The van der Waals surface area contributed by atoms with Gasteiger partial charge in [0, 0.05) is 18.1 Å². The van der Waals surface area contributed by atoms with Crippen LogP contribution in [0.25, 0.3) is 10.9 Å². The van der Waals surface area contributed by atoms with Gasteiger partial charge in [0.1, 0.15) is 12.4 Å². The SMILES string of the molecule is C=CCOc1cccc2c1cc(C)n2C. The average molecular weight is 201 g/mol. The van der Waals surface area contributed by atoms with E-state index in [0.29, 0.717) is 6.61 Å². The van der Waals surface area contributed by atoms with Crippen LogP contribution in [0.15, 0.2) is 36.9 Å². The van der Waals surface area contributed by atoms with Crippen LogP contribution in [0.4, 0.5) is 0 Å². The summed E-state index contributed by atoms with van der Waals surface area (Å²) in [5.74, 6) is 0.927. The Morgan fingerprint density at radius 2 is 2.27 bits per heavy atom. The lowest BCUT2D eigenvalue weighted by atomic mass is 10.2. The van der Waals surface area contributed by atoms with Gasteiger partial charge in [-0.3, -0.25) is 0 Å². The van der Waals surface area contributed by atoms with E-state index in [9.17, 15) is 0 Å². The number of aryl methyl sites for hydroxylation is 2. The predicted molar refractivity (Wildman–Crippen MR) is 63.3 cm³/mol. The first kappa shape index (κ1) is 9.84. The van der Waals surface area contributed by atoms with E-state index in [0.717, 1.165) is 5.75 Å². The molecule has 0 radical (unpaired) electrons. The number of ether oxygens (including phenoxy) is 1. The number of rotatable bonds is 3. The molecule has 0 N–H and O–H groups in total. The zero-order valence-corrected chi connectivity index (χ0v) is 9.16. The topological polar surface area (TPSA) is 14.2 Å². The number of aromatic nitrogens is 1. The van der Waals surface area contributed by atoms with E-state index in [2.05, 4.69) is 37.3 Å². The van der Waals surface area contributed by atoms with E-state index in [1.807, 2.05) is 12.1 Å². The maximum absolute atomic E-state index is 5.61. The van der Waals surface area contributed by atoms with Gasteiger partial charge >= 0.3 is 0 Å². The molecule has 0 aliphatic carbocycles. The summed E-state index contributed by atoms with van der Waals surface area (Å²) in [6, 6.07) is 8.25. The Morgan fingerprint density at radius 1 is 1.47 bits per heavy atom. The third kappa shape index (κ3) is 1.63. The molecule has 2 nitrogen and oxygen atoms in total. The summed E-state index contributed by atoms with van der Waals surface area (Å²) in [6.07, 6.45) is 1.76. The number of nitrogens with zero attached hydrogens (tertiary/aromatic N) is 1. The lowest BCUT2D eigenvalue weighted by molar-refractivity contribution is 0.367. The Bertz CT molecular complexity index is 496. The number of fused-ring (bicyclic) bond motifs is 1. The molecule has 2 rings (SSSR count). The van der Waals surface area contributed by atoms with Crippen molar-refractivity contribution in [3.63, 3.8) is 0 Å². The zero-order valence-electron chi connectivity index (χ0n) is 9.16. The first-order chi connectivity index (χ1) is 7.24. The smallest absolute Gasteiger partial charge is 0.129 e. The van der Waals surface area contributed by atoms with Gasteiger partial charge in [-0.2, -0.15) is 0 Å². The van der Waals surface area contributed by atoms with Crippen LogP contribution in [0.2, 0.25) is 0 Å². The van der Waals surface area contributed by atoms with Gasteiger partial charge in [0.2, 0.25) is 0 Å². The Kier molecular flexibility index (Phi) is 2.50. The van der Waals surface area contributed by atoms with Gasteiger partial charge in [0.05, 0.1) is 5.52 Å². The van der Waals surface area contributed by atoms with Crippen molar-refractivity contribution in [2.24, 2.45) is 7.05 Å². The van der Waals surface area contributed by atoms with E-state index < -0.39 is 0 Å². The third-order valence-corrected chi connectivity index (χ3v) is 2.64. The maximum atomic E-state index is 5.61. The molecule has 0 saturated carbocycles. The Labute approximate surface area is 89.8 Å². The van der Waals surface area contributed by atoms with Crippen molar-refractivity contribution in [2.75, 3.05) is 6.61 Å². The highest BCUT2D eigenvalue weighted by Crippen LogP contribution is 2.27. The van der Waals surface area contributed by atoms with Crippen LogP contribution < -0.4 is 4.74 Å². The van der Waals surface area contributed by atoms with E-state index in [4.69, 9.17) is 4.74 Å².